The second-order valence-corrected chi connectivity index (χ2v) is 8.93. The summed E-state index contributed by atoms with van der Waals surface area (Å²) in [4.78, 5) is 58.5. The first kappa shape index (κ1) is 28.6. The number of anilines is 3. The van der Waals surface area contributed by atoms with Gasteiger partial charge in [0.25, 0.3) is 23.6 Å². The molecule has 0 saturated carbocycles. The maximum atomic E-state index is 12.9. The lowest BCUT2D eigenvalue weighted by molar-refractivity contribution is -0.112. The number of rotatable bonds is 10. The van der Waals surface area contributed by atoms with E-state index in [-0.39, 0.29) is 40.9 Å². The van der Waals surface area contributed by atoms with Gasteiger partial charge in [-0.25, -0.2) is 0 Å². The van der Waals surface area contributed by atoms with Crippen molar-refractivity contribution in [3.63, 3.8) is 0 Å². The van der Waals surface area contributed by atoms with Crippen LogP contribution < -0.4 is 27.0 Å². The molecule has 0 atom stereocenters. The van der Waals surface area contributed by atoms with E-state index < -0.39 is 23.6 Å². The van der Waals surface area contributed by atoms with Crippen molar-refractivity contribution >= 4 is 58.1 Å². The quantitative estimate of drug-likeness (QED) is 0.0598. The van der Waals surface area contributed by atoms with Gasteiger partial charge in [-0.05, 0) is 20.8 Å². The summed E-state index contributed by atoms with van der Waals surface area (Å²) in [5.41, 5.74) is 8.64. The summed E-state index contributed by atoms with van der Waals surface area (Å²) in [5.74, 6) is -2.01. The van der Waals surface area contributed by atoms with Gasteiger partial charge >= 0.3 is 0 Å². The van der Waals surface area contributed by atoms with Gasteiger partial charge in [0.05, 0.1) is 22.1 Å². The molecule has 0 aliphatic heterocycles. The third-order valence-electron chi connectivity index (χ3n) is 5.89. The van der Waals surface area contributed by atoms with Crippen LogP contribution >= 0.6 is 11.6 Å². The maximum Gasteiger partial charge on any atom is 0.272 e. The third-order valence-corrected chi connectivity index (χ3v) is 6.06. The second kappa shape index (κ2) is 12.0. The van der Waals surface area contributed by atoms with Gasteiger partial charge in [-0.3, -0.25) is 19.2 Å². The van der Waals surface area contributed by atoms with Crippen LogP contribution in [0.25, 0.3) is 0 Å². The number of carbonyl (C=O) groups is 4. The largest absolute Gasteiger partial charge is 0.409 e. The Bertz CT molecular complexity index is 1480. The second-order valence-electron chi connectivity index (χ2n) is 8.47. The topological polar surface area (TPSA) is 222 Å². The van der Waals surface area contributed by atoms with Crippen LogP contribution in [0.2, 0.25) is 0 Å². The molecule has 0 unspecified atom stereocenters. The molecule has 14 nitrogen and oxygen atoms in total. The molecule has 10 N–H and O–H groups in total. The predicted octanol–water partition coefficient (Wildman–Crippen LogP) is 2.66. The van der Waals surface area contributed by atoms with E-state index in [1.165, 1.54) is 18.6 Å². The molecule has 39 heavy (non-hydrogen) atoms. The highest BCUT2D eigenvalue weighted by Gasteiger charge is 2.21. The van der Waals surface area contributed by atoms with Crippen LogP contribution in [0.15, 0.2) is 35.4 Å². The molecular formula is C24H28ClN9O5. The number of hydrogen-bond acceptors (Lipinski definition) is 6. The van der Waals surface area contributed by atoms with Gasteiger partial charge in [-0.15, -0.1) is 0 Å². The Labute approximate surface area is 227 Å². The summed E-state index contributed by atoms with van der Waals surface area (Å²) in [5, 5.41) is 21.9. The molecule has 0 spiro atoms. The number of nitrogens with one attached hydrogen (secondary N) is 7. The molecule has 206 valence electrons. The fourth-order valence-electron chi connectivity index (χ4n) is 3.59. The zero-order chi connectivity index (χ0) is 28.9. The minimum absolute atomic E-state index is 0.0153. The summed E-state index contributed by atoms with van der Waals surface area (Å²) in [6.45, 7) is 8.48. The summed E-state index contributed by atoms with van der Waals surface area (Å²) in [6, 6.07) is 0. The lowest BCUT2D eigenvalue weighted by atomic mass is 10.2. The number of amidine groups is 1. The fourth-order valence-corrected chi connectivity index (χ4v) is 3.63. The zero-order valence-corrected chi connectivity index (χ0v) is 22.1. The fraction of sp³-hybridized carbons (Fsp3) is 0.208. The minimum atomic E-state index is -0.591. The minimum Gasteiger partial charge on any atom is -0.409 e. The highest BCUT2D eigenvalue weighted by molar-refractivity contribution is 6.43. The van der Waals surface area contributed by atoms with Gasteiger partial charge in [0, 0.05) is 48.2 Å². The van der Waals surface area contributed by atoms with Crippen molar-refractivity contribution in [1.82, 2.24) is 20.3 Å². The van der Waals surface area contributed by atoms with E-state index in [0.717, 1.165) is 0 Å². The van der Waals surface area contributed by atoms with Crippen molar-refractivity contribution in [3.8, 4) is 0 Å². The first-order valence-electron chi connectivity index (χ1n) is 11.5. The molecule has 3 heterocycles. The van der Waals surface area contributed by atoms with Gasteiger partial charge in [0.15, 0.2) is 0 Å². The predicted molar refractivity (Wildman–Crippen MR) is 146 cm³/mol. The van der Waals surface area contributed by atoms with E-state index in [1.54, 1.807) is 20.8 Å². The summed E-state index contributed by atoms with van der Waals surface area (Å²) in [6.07, 6.45) is 4.58. The van der Waals surface area contributed by atoms with E-state index in [9.17, 15) is 19.2 Å². The number of oxime groups is 1. The molecule has 3 aromatic rings. The summed E-state index contributed by atoms with van der Waals surface area (Å²) < 4.78 is 0. The Morgan fingerprint density at radius 2 is 1.26 bits per heavy atom. The maximum absolute atomic E-state index is 12.9. The van der Waals surface area contributed by atoms with Crippen molar-refractivity contribution in [1.29, 1.82) is 0 Å². The Morgan fingerprint density at radius 3 is 1.67 bits per heavy atom. The van der Waals surface area contributed by atoms with E-state index in [2.05, 4.69) is 48.0 Å². The molecule has 0 radical (unpaired) electrons. The highest BCUT2D eigenvalue weighted by Crippen LogP contribution is 2.25. The van der Waals surface area contributed by atoms with Gasteiger partial charge in [0.1, 0.15) is 22.9 Å². The molecule has 15 heteroatoms. The first-order chi connectivity index (χ1) is 18.4. The van der Waals surface area contributed by atoms with E-state index in [4.69, 9.17) is 22.5 Å². The number of H-pyrrole nitrogens is 3. The number of halogens is 1. The normalized spacial score (nSPS) is 11.1. The molecular weight excluding hydrogens is 530 g/mol. The van der Waals surface area contributed by atoms with Crippen molar-refractivity contribution in [3.05, 3.63) is 64.0 Å². The molecule has 4 amide bonds. The SMILES string of the molecule is C=C(Cl)C(=O)Nc1c[nH]c(C(=O)Nc2c[nH]c(C(=O)Nc3c[nH]c(C(=O)NCCC(N)=NO)c3C)c2C)c1C. The monoisotopic (exact) mass is 557 g/mol. The Kier molecular flexibility index (Phi) is 8.83. The van der Waals surface area contributed by atoms with Gasteiger partial charge < -0.3 is 47.2 Å². The number of nitrogens with two attached hydrogens (primary N) is 1. The highest BCUT2D eigenvalue weighted by atomic mass is 35.5. The standard InChI is InChI=1S/C24H28ClN9O5/c1-10-15(8-28-18(10)22(36)27-6-5-17(26)34-39)32-24(38)20-12(3)16(9-30-20)33-23(37)19-11(2)14(7-29-19)31-21(35)13(4)25/h7-9,28-30,39H,4-6H2,1-3H3,(H2,26,34)(H,27,36)(H,31,35)(H,32,38)(H,33,37). The number of nitrogens with zero attached hydrogens (tertiary/aromatic N) is 1. The van der Waals surface area contributed by atoms with Crippen LogP contribution in [0.3, 0.4) is 0 Å². The number of hydrogen-bond donors (Lipinski definition) is 9. The van der Waals surface area contributed by atoms with E-state index in [1.807, 2.05) is 0 Å². The molecule has 0 saturated heterocycles. The van der Waals surface area contributed by atoms with Crippen LogP contribution in [0, 0.1) is 20.8 Å². The van der Waals surface area contributed by atoms with Crippen molar-refractivity contribution < 1.29 is 24.4 Å². The van der Waals surface area contributed by atoms with Crippen LogP contribution in [0.4, 0.5) is 17.1 Å². The van der Waals surface area contributed by atoms with Crippen molar-refractivity contribution in [2.45, 2.75) is 27.2 Å². The molecule has 0 fully saturated rings. The molecule has 0 aliphatic carbocycles. The van der Waals surface area contributed by atoms with E-state index >= 15 is 0 Å². The van der Waals surface area contributed by atoms with Crippen molar-refractivity contribution in [2.24, 2.45) is 10.9 Å². The van der Waals surface area contributed by atoms with E-state index in [0.29, 0.717) is 33.8 Å². The molecule has 0 aliphatic rings. The van der Waals surface area contributed by atoms with Gasteiger partial charge in [-0.2, -0.15) is 0 Å². The third kappa shape index (κ3) is 6.48. The van der Waals surface area contributed by atoms with Crippen LogP contribution in [0.1, 0.15) is 54.6 Å². The number of carbonyl (C=O) groups excluding carboxylic acids is 4. The van der Waals surface area contributed by atoms with Crippen LogP contribution in [-0.4, -0.2) is 56.2 Å². The van der Waals surface area contributed by atoms with Crippen molar-refractivity contribution in [2.75, 3.05) is 22.5 Å². The summed E-state index contributed by atoms with van der Waals surface area (Å²) >= 11 is 5.59. The Hall–Kier alpha value is -4.98. The average Bonchev–Trinajstić information content (AvgIpc) is 3.56. The molecule has 0 bridgehead atoms. The Balaban J connectivity index is 1.66. The average molecular weight is 558 g/mol. The number of aromatic nitrogens is 3. The lowest BCUT2D eigenvalue weighted by Gasteiger charge is -2.07. The van der Waals surface area contributed by atoms with Gasteiger partial charge in [-0.1, -0.05) is 23.3 Å². The molecule has 0 aromatic carbocycles. The molecule has 3 rings (SSSR count). The zero-order valence-electron chi connectivity index (χ0n) is 21.3. The smallest absolute Gasteiger partial charge is 0.272 e. The first-order valence-corrected chi connectivity index (χ1v) is 11.9. The van der Waals surface area contributed by atoms with Crippen LogP contribution in [0.5, 0.6) is 0 Å². The summed E-state index contributed by atoms with van der Waals surface area (Å²) in [7, 11) is 0. The molecule has 3 aromatic heterocycles. The van der Waals surface area contributed by atoms with Crippen LogP contribution in [-0.2, 0) is 4.79 Å². The van der Waals surface area contributed by atoms with Gasteiger partial charge in [0.2, 0.25) is 0 Å². The lowest BCUT2D eigenvalue weighted by Crippen LogP contribution is -2.28. The number of aromatic amines is 3. The number of amides is 4. The Morgan fingerprint density at radius 1 is 0.846 bits per heavy atom.